The lowest BCUT2D eigenvalue weighted by molar-refractivity contribution is 0.401. The number of nitrogens with one attached hydrogen (secondary N) is 1. The van der Waals surface area contributed by atoms with E-state index in [1.54, 1.807) is 13.8 Å². The fourth-order valence-corrected chi connectivity index (χ4v) is 1.54. The van der Waals surface area contributed by atoms with Crippen LogP contribution in [-0.2, 0) is 15.4 Å². The van der Waals surface area contributed by atoms with Crippen molar-refractivity contribution in [2.45, 2.75) is 45.3 Å². The summed E-state index contributed by atoms with van der Waals surface area (Å²) in [7, 11) is -3.37. The van der Waals surface area contributed by atoms with E-state index in [1.807, 2.05) is 20.8 Å². The topological polar surface area (TPSA) is 72.2 Å². The molecule has 0 saturated heterocycles. The first-order chi connectivity index (χ1) is 7.13. The molecule has 0 aliphatic heterocycles. The van der Waals surface area contributed by atoms with E-state index in [-0.39, 0.29) is 11.3 Å². The Bertz CT molecular complexity index is 455. The van der Waals surface area contributed by atoms with Gasteiger partial charge in [0, 0.05) is 5.41 Å². The summed E-state index contributed by atoms with van der Waals surface area (Å²) in [4.78, 5) is 4.04. The van der Waals surface area contributed by atoms with E-state index < -0.39 is 15.3 Å². The molecule has 0 aliphatic rings. The predicted molar refractivity (Wildman–Crippen MR) is 62.9 cm³/mol. The Morgan fingerprint density at radius 1 is 1.38 bits per heavy atom. The molecule has 0 bridgehead atoms. The maximum absolute atomic E-state index is 11.6. The van der Waals surface area contributed by atoms with Crippen molar-refractivity contribution in [1.82, 2.24) is 4.98 Å². The third-order valence-electron chi connectivity index (χ3n) is 2.01. The molecule has 0 fully saturated rings. The average molecular weight is 246 g/mol. The zero-order valence-electron chi connectivity index (χ0n) is 10.2. The first kappa shape index (κ1) is 13.0. The van der Waals surface area contributed by atoms with Crippen LogP contribution >= 0.6 is 0 Å². The summed E-state index contributed by atoms with van der Waals surface area (Å²) in [6.45, 7) is 9.03. The predicted octanol–water partition coefficient (Wildman–Crippen LogP) is 2.12. The monoisotopic (exact) mass is 246 g/mol. The fourth-order valence-electron chi connectivity index (χ4n) is 0.926. The molecule has 1 N–H and O–H groups in total. The number of hydrogen-bond donors (Lipinski definition) is 1. The largest absolute Gasteiger partial charge is 0.424 e. The van der Waals surface area contributed by atoms with Crippen LogP contribution in [-0.4, -0.2) is 18.7 Å². The van der Waals surface area contributed by atoms with Gasteiger partial charge in [-0.15, -0.1) is 0 Å². The Hall–Kier alpha value is -1.04. The highest BCUT2D eigenvalue weighted by Gasteiger charge is 2.22. The lowest BCUT2D eigenvalue weighted by Gasteiger charge is -2.12. The highest BCUT2D eigenvalue weighted by Crippen LogP contribution is 2.24. The van der Waals surface area contributed by atoms with Crippen LogP contribution in [0.3, 0.4) is 0 Å². The fraction of sp³-hybridized carbons (Fsp3) is 0.700. The number of rotatable bonds is 3. The van der Waals surface area contributed by atoms with Gasteiger partial charge in [-0.1, -0.05) is 20.8 Å². The maximum Gasteiger partial charge on any atom is 0.237 e. The van der Waals surface area contributed by atoms with Gasteiger partial charge in [0.15, 0.2) is 0 Å². The molecule has 0 radical (unpaired) electrons. The van der Waals surface area contributed by atoms with Gasteiger partial charge in [0.05, 0.1) is 11.4 Å². The van der Waals surface area contributed by atoms with Gasteiger partial charge in [0.25, 0.3) is 0 Å². The van der Waals surface area contributed by atoms with E-state index in [0.29, 0.717) is 5.89 Å². The number of sulfonamides is 1. The summed E-state index contributed by atoms with van der Waals surface area (Å²) >= 11 is 0. The molecule has 1 aromatic heterocycles. The zero-order chi connectivity index (χ0) is 12.6. The summed E-state index contributed by atoms with van der Waals surface area (Å²) in [5.74, 6) is 0.674. The molecule has 0 amide bonds. The normalized spacial score (nSPS) is 13.1. The highest BCUT2D eigenvalue weighted by atomic mass is 32.2. The van der Waals surface area contributed by atoms with Gasteiger partial charge in [0.1, 0.15) is 0 Å². The van der Waals surface area contributed by atoms with Crippen molar-refractivity contribution < 1.29 is 12.8 Å². The van der Waals surface area contributed by atoms with E-state index in [0.717, 1.165) is 0 Å². The van der Waals surface area contributed by atoms with Gasteiger partial charge in [-0.3, -0.25) is 4.72 Å². The van der Waals surface area contributed by atoms with Gasteiger partial charge in [-0.2, -0.15) is 0 Å². The summed E-state index contributed by atoms with van der Waals surface area (Å²) in [5, 5.41) is -0.504. The Balaban J connectivity index is 2.90. The van der Waals surface area contributed by atoms with Crippen LogP contribution in [0.1, 0.15) is 40.5 Å². The quantitative estimate of drug-likeness (QED) is 0.886. The van der Waals surface area contributed by atoms with Crippen molar-refractivity contribution in [3.8, 4) is 0 Å². The van der Waals surface area contributed by atoms with Gasteiger partial charge >= 0.3 is 0 Å². The second kappa shape index (κ2) is 4.08. The summed E-state index contributed by atoms with van der Waals surface area (Å²) in [6.07, 6.45) is 1.39. The second-order valence-electron chi connectivity index (χ2n) is 4.98. The van der Waals surface area contributed by atoms with Gasteiger partial charge in [-0.05, 0) is 13.8 Å². The van der Waals surface area contributed by atoms with Gasteiger partial charge in [-0.25, -0.2) is 13.4 Å². The Kier molecular flexibility index (Phi) is 3.33. The maximum atomic E-state index is 11.6. The molecule has 0 spiro atoms. The molecule has 0 unspecified atom stereocenters. The van der Waals surface area contributed by atoms with Crippen LogP contribution < -0.4 is 4.72 Å². The summed E-state index contributed by atoms with van der Waals surface area (Å²) in [5.41, 5.74) is -0.235. The van der Waals surface area contributed by atoms with E-state index >= 15 is 0 Å². The SMILES string of the molecule is CC(C)S(=O)(=O)Nc1cnc(C(C)(C)C)o1. The molecular weight excluding hydrogens is 228 g/mol. The first-order valence-corrected chi connectivity index (χ1v) is 6.65. The summed E-state index contributed by atoms with van der Waals surface area (Å²) in [6, 6.07) is 0. The summed E-state index contributed by atoms with van der Waals surface area (Å²) < 4.78 is 30.8. The zero-order valence-corrected chi connectivity index (χ0v) is 11.1. The van der Waals surface area contributed by atoms with Crippen LogP contribution in [0.2, 0.25) is 0 Å². The number of nitrogens with zero attached hydrogens (tertiary/aromatic N) is 1. The Morgan fingerprint density at radius 3 is 2.31 bits per heavy atom. The molecule has 0 aliphatic carbocycles. The molecule has 6 heteroatoms. The minimum atomic E-state index is -3.37. The van der Waals surface area contributed by atoms with Crippen molar-refractivity contribution in [1.29, 1.82) is 0 Å². The molecule has 16 heavy (non-hydrogen) atoms. The Morgan fingerprint density at radius 2 is 1.94 bits per heavy atom. The number of aromatic nitrogens is 1. The molecule has 92 valence electrons. The van der Waals surface area contributed by atoms with Crippen molar-refractivity contribution in [3.05, 3.63) is 12.1 Å². The molecule has 1 heterocycles. The molecule has 1 rings (SSSR count). The smallest absolute Gasteiger partial charge is 0.237 e. The molecule has 0 atom stereocenters. The van der Waals surface area contributed by atoms with Crippen LogP contribution in [0.4, 0.5) is 5.88 Å². The van der Waals surface area contributed by atoms with Crippen molar-refractivity contribution >= 4 is 15.9 Å². The van der Waals surface area contributed by atoms with Crippen molar-refractivity contribution in [2.24, 2.45) is 0 Å². The average Bonchev–Trinajstić information content (AvgIpc) is 2.50. The van der Waals surface area contributed by atoms with Gasteiger partial charge in [0.2, 0.25) is 21.8 Å². The van der Waals surface area contributed by atoms with Crippen molar-refractivity contribution in [3.63, 3.8) is 0 Å². The molecule has 1 aromatic rings. The minimum Gasteiger partial charge on any atom is -0.424 e. The third kappa shape index (κ3) is 2.98. The third-order valence-corrected chi connectivity index (χ3v) is 3.74. The van der Waals surface area contributed by atoms with Crippen LogP contribution in [0.15, 0.2) is 10.6 Å². The minimum absolute atomic E-state index is 0.165. The number of oxazole rings is 1. The van der Waals surface area contributed by atoms with Crippen LogP contribution in [0.25, 0.3) is 0 Å². The van der Waals surface area contributed by atoms with E-state index in [2.05, 4.69) is 9.71 Å². The molecule has 5 nitrogen and oxygen atoms in total. The van der Waals surface area contributed by atoms with E-state index in [9.17, 15) is 8.42 Å². The van der Waals surface area contributed by atoms with Crippen molar-refractivity contribution in [2.75, 3.05) is 4.72 Å². The van der Waals surface area contributed by atoms with Crippen LogP contribution in [0, 0.1) is 0 Å². The standard InChI is InChI=1S/C10H18N2O3S/c1-7(2)16(13,14)12-8-6-11-9(15-8)10(3,4)5/h6-7,12H,1-5H3. The molecule has 0 aromatic carbocycles. The lowest BCUT2D eigenvalue weighted by atomic mass is 9.97. The van der Waals surface area contributed by atoms with E-state index in [1.165, 1.54) is 6.20 Å². The Labute approximate surface area is 96.3 Å². The number of anilines is 1. The van der Waals surface area contributed by atoms with Gasteiger partial charge < -0.3 is 4.42 Å². The molecular formula is C10H18N2O3S. The molecule has 0 saturated carbocycles. The highest BCUT2D eigenvalue weighted by molar-refractivity contribution is 7.93. The first-order valence-electron chi connectivity index (χ1n) is 5.11. The van der Waals surface area contributed by atoms with E-state index in [4.69, 9.17) is 4.42 Å². The lowest BCUT2D eigenvalue weighted by Crippen LogP contribution is -2.22. The number of hydrogen-bond acceptors (Lipinski definition) is 4. The second-order valence-corrected chi connectivity index (χ2v) is 7.21. The van der Waals surface area contributed by atoms with Crippen LogP contribution in [0.5, 0.6) is 0 Å².